The number of benzene rings is 2. The Morgan fingerprint density at radius 1 is 1.16 bits per heavy atom. The summed E-state index contributed by atoms with van der Waals surface area (Å²) in [6.07, 6.45) is 1.73. The van der Waals surface area contributed by atoms with E-state index in [1.807, 2.05) is 19.1 Å². The first-order valence-corrected chi connectivity index (χ1v) is 10.3. The van der Waals surface area contributed by atoms with Crippen LogP contribution in [0.25, 0.3) is 0 Å². The van der Waals surface area contributed by atoms with E-state index in [-0.39, 0.29) is 18.1 Å². The van der Waals surface area contributed by atoms with E-state index in [9.17, 15) is 9.59 Å². The average molecular weight is 482 g/mol. The number of hydrogen-bond donors (Lipinski definition) is 1. The fourth-order valence-corrected chi connectivity index (χ4v) is 3.41. The quantitative estimate of drug-likeness (QED) is 0.525. The Morgan fingerprint density at radius 2 is 1.94 bits per heavy atom. The molecule has 0 aliphatic heterocycles. The number of carbonyl (C=O) groups excluding carboxylic acids is 1. The highest BCUT2D eigenvalue weighted by Crippen LogP contribution is 2.36. The Bertz CT molecular complexity index is 1170. The molecule has 1 heterocycles. The molecule has 0 saturated carbocycles. The number of nitrogens with zero attached hydrogens (tertiary/aromatic N) is 2. The molecule has 31 heavy (non-hydrogen) atoms. The van der Waals surface area contributed by atoms with Crippen LogP contribution in [0.3, 0.4) is 0 Å². The minimum atomic E-state index is -0.342. The zero-order valence-corrected chi connectivity index (χ0v) is 18.4. The first-order valence-electron chi connectivity index (χ1n) is 9.53. The van der Waals surface area contributed by atoms with E-state index in [0.717, 1.165) is 5.56 Å². The van der Waals surface area contributed by atoms with Gasteiger partial charge in [-0.05, 0) is 52.7 Å². The van der Waals surface area contributed by atoms with Crippen molar-refractivity contribution in [1.82, 2.24) is 4.57 Å². The number of nitriles is 1. The van der Waals surface area contributed by atoms with Crippen LogP contribution >= 0.6 is 15.9 Å². The van der Waals surface area contributed by atoms with Crippen molar-refractivity contribution >= 4 is 27.5 Å². The predicted molar refractivity (Wildman–Crippen MR) is 120 cm³/mol. The second-order valence-electron chi connectivity index (χ2n) is 6.53. The third-order valence-corrected chi connectivity index (χ3v) is 4.86. The molecule has 3 rings (SSSR count). The summed E-state index contributed by atoms with van der Waals surface area (Å²) < 4.78 is 13.3. The standard InChI is InChI=1S/C23H20BrN3O4/c1-2-30-20-12-17(13-25)11-19(24)23(20)31-15-21(28)26-18-8-6-16(7-9-18)14-27-10-4-3-5-22(27)29/h3-12H,2,14-15H2,1H3,(H,26,28). The number of nitrogens with one attached hydrogen (secondary N) is 1. The molecule has 1 aromatic heterocycles. The van der Waals surface area contributed by atoms with Gasteiger partial charge in [0.05, 0.1) is 29.3 Å². The van der Waals surface area contributed by atoms with E-state index >= 15 is 0 Å². The lowest BCUT2D eigenvalue weighted by molar-refractivity contribution is -0.118. The topological polar surface area (TPSA) is 93.3 Å². The molecule has 8 heteroatoms. The van der Waals surface area contributed by atoms with Crippen molar-refractivity contribution in [3.8, 4) is 17.6 Å². The van der Waals surface area contributed by atoms with Gasteiger partial charge in [0.25, 0.3) is 11.5 Å². The summed E-state index contributed by atoms with van der Waals surface area (Å²) >= 11 is 3.35. The van der Waals surface area contributed by atoms with Crippen molar-refractivity contribution in [3.05, 3.63) is 86.7 Å². The molecular formula is C23H20BrN3O4. The van der Waals surface area contributed by atoms with Crippen LogP contribution in [0.15, 0.2) is 70.1 Å². The highest BCUT2D eigenvalue weighted by atomic mass is 79.9. The van der Waals surface area contributed by atoms with Crippen LogP contribution in [0.4, 0.5) is 5.69 Å². The Balaban J connectivity index is 1.61. The highest BCUT2D eigenvalue weighted by Gasteiger charge is 2.14. The maximum atomic E-state index is 12.3. The van der Waals surface area contributed by atoms with E-state index in [1.54, 1.807) is 47.2 Å². The Morgan fingerprint density at radius 3 is 2.61 bits per heavy atom. The molecule has 0 fully saturated rings. The van der Waals surface area contributed by atoms with Gasteiger partial charge in [0.2, 0.25) is 0 Å². The molecule has 0 aliphatic rings. The summed E-state index contributed by atoms with van der Waals surface area (Å²) in [4.78, 5) is 24.1. The minimum Gasteiger partial charge on any atom is -0.490 e. The van der Waals surface area contributed by atoms with Gasteiger partial charge in [0, 0.05) is 24.0 Å². The first kappa shape index (κ1) is 22.1. The molecular weight excluding hydrogens is 462 g/mol. The number of carbonyl (C=O) groups is 1. The van der Waals surface area contributed by atoms with Crippen molar-refractivity contribution < 1.29 is 14.3 Å². The van der Waals surface area contributed by atoms with Gasteiger partial charge in [-0.2, -0.15) is 5.26 Å². The Hall–Kier alpha value is -3.57. The van der Waals surface area contributed by atoms with Crippen molar-refractivity contribution in [2.75, 3.05) is 18.5 Å². The number of halogens is 1. The van der Waals surface area contributed by atoms with Gasteiger partial charge >= 0.3 is 0 Å². The average Bonchev–Trinajstić information content (AvgIpc) is 2.76. The summed E-state index contributed by atoms with van der Waals surface area (Å²) in [5.74, 6) is 0.409. The smallest absolute Gasteiger partial charge is 0.262 e. The van der Waals surface area contributed by atoms with E-state index in [0.29, 0.717) is 40.4 Å². The molecule has 7 nitrogen and oxygen atoms in total. The number of ether oxygens (including phenoxy) is 2. The second kappa shape index (κ2) is 10.5. The molecule has 0 bridgehead atoms. The van der Waals surface area contributed by atoms with Crippen molar-refractivity contribution in [2.45, 2.75) is 13.5 Å². The molecule has 158 valence electrons. The summed E-state index contributed by atoms with van der Waals surface area (Å²) in [5, 5.41) is 11.9. The Kier molecular flexibility index (Phi) is 7.46. The van der Waals surface area contributed by atoms with E-state index < -0.39 is 0 Å². The lowest BCUT2D eigenvalue weighted by atomic mass is 10.2. The fraction of sp³-hybridized carbons (Fsp3) is 0.174. The number of hydrogen-bond acceptors (Lipinski definition) is 5. The van der Waals surface area contributed by atoms with Gasteiger partial charge < -0.3 is 19.4 Å². The Labute approximate surface area is 188 Å². The van der Waals surface area contributed by atoms with Gasteiger partial charge in [0.15, 0.2) is 18.1 Å². The zero-order valence-electron chi connectivity index (χ0n) is 16.8. The van der Waals surface area contributed by atoms with Crippen molar-refractivity contribution in [1.29, 1.82) is 5.26 Å². The maximum absolute atomic E-state index is 12.3. The molecule has 0 aliphatic carbocycles. The number of anilines is 1. The SMILES string of the molecule is CCOc1cc(C#N)cc(Br)c1OCC(=O)Nc1ccc(Cn2ccccc2=O)cc1. The van der Waals surface area contributed by atoms with Crippen LogP contribution in [0.5, 0.6) is 11.5 Å². The van der Waals surface area contributed by atoms with Crippen LogP contribution in [0.2, 0.25) is 0 Å². The molecule has 2 aromatic carbocycles. The monoisotopic (exact) mass is 481 g/mol. The third-order valence-electron chi connectivity index (χ3n) is 4.28. The number of pyridine rings is 1. The fourth-order valence-electron chi connectivity index (χ4n) is 2.85. The van der Waals surface area contributed by atoms with Gasteiger partial charge in [-0.1, -0.05) is 18.2 Å². The van der Waals surface area contributed by atoms with Crippen molar-refractivity contribution in [3.63, 3.8) is 0 Å². The van der Waals surface area contributed by atoms with Gasteiger partial charge in [-0.3, -0.25) is 9.59 Å². The van der Waals surface area contributed by atoms with Gasteiger partial charge in [0.1, 0.15) is 0 Å². The lowest BCUT2D eigenvalue weighted by Crippen LogP contribution is -2.21. The van der Waals surface area contributed by atoms with Gasteiger partial charge in [-0.25, -0.2) is 0 Å². The van der Waals surface area contributed by atoms with E-state index in [1.165, 1.54) is 6.07 Å². The molecule has 3 aromatic rings. The molecule has 1 amide bonds. The van der Waals surface area contributed by atoms with E-state index in [2.05, 4.69) is 27.3 Å². The number of rotatable bonds is 8. The van der Waals surface area contributed by atoms with Crippen molar-refractivity contribution in [2.24, 2.45) is 0 Å². The molecule has 0 radical (unpaired) electrons. The van der Waals surface area contributed by atoms with Crippen LogP contribution in [-0.2, 0) is 11.3 Å². The van der Waals surface area contributed by atoms with Crippen LogP contribution in [-0.4, -0.2) is 23.7 Å². The third kappa shape index (κ3) is 5.96. The predicted octanol–water partition coefficient (Wildman–Crippen LogP) is 3.95. The summed E-state index contributed by atoms with van der Waals surface area (Å²) in [6, 6.07) is 17.5. The summed E-state index contributed by atoms with van der Waals surface area (Å²) in [7, 11) is 0. The minimum absolute atomic E-state index is 0.0718. The second-order valence-corrected chi connectivity index (χ2v) is 7.39. The lowest BCUT2D eigenvalue weighted by Gasteiger charge is -2.14. The van der Waals surface area contributed by atoms with Crippen LogP contribution in [0.1, 0.15) is 18.1 Å². The largest absolute Gasteiger partial charge is 0.490 e. The molecule has 0 unspecified atom stereocenters. The molecule has 1 N–H and O–H groups in total. The first-order chi connectivity index (χ1) is 15.0. The molecule has 0 atom stereocenters. The zero-order chi connectivity index (χ0) is 22.2. The summed E-state index contributed by atoms with van der Waals surface area (Å²) in [5.41, 5.74) is 1.90. The number of aromatic nitrogens is 1. The van der Waals surface area contributed by atoms with Crippen LogP contribution < -0.4 is 20.3 Å². The van der Waals surface area contributed by atoms with Gasteiger partial charge in [-0.15, -0.1) is 0 Å². The number of amides is 1. The highest BCUT2D eigenvalue weighted by molar-refractivity contribution is 9.10. The molecule has 0 saturated heterocycles. The van der Waals surface area contributed by atoms with E-state index in [4.69, 9.17) is 14.7 Å². The molecule has 0 spiro atoms. The normalized spacial score (nSPS) is 10.2. The maximum Gasteiger partial charge on any atom is 0.262 e. The summed E-state index contributed by atoms with van der Waals surface area (Å²) in [6.45, 7) is 2.43. The van der Waals surface area contributed by atoms with Crippen LogP contribution in [0, 0.1) is 11.3 Å².